The number of hydrogen-bond acceptors (Lipinski definition) is 7. The Balaban J connectivity index is 1.56. The van der Waals surface area contributed by atoms with Gasteiger partial charge in [0.15, 0.2) is 0 Å². The SMILES string of the molecule is CC1CCC(Cn2cc(Cc3cccnc3)c3nc(-c4noc(=O)[nH]4)nc(-c4cncc(Cl)c4)c32)CC1. The molecule has 37 heavy (non-hydrogen) atoms. The van der Waals surface area contributed by atoms with Crippen LogP contribution in [0.4, 0.5) is 0 Å². The minimum absolute atomic E-state index is 0.171. The monoisotopic (exact) mass is 515 g/mol. The Morgan fingerprint density at radius 3 is 2.73 bits per heavy atom. The molecule has 188 valence electrons. The van der Waals surface area contributed by atoms with E-state index in [4.69, 9.17) is 26.1 Å². The average Bonchev–Trinajstić information content (AvgIpc) is 3.49. The molecule has 5 aromatic heterocycles. The highest BCUT2D eigenvalue weighted by Crippen LogP contribution is 2.35. The topological polar surface area (TPSA) is 115 Å². The number of nitrogens with zero attached hydrogens (tertiary/aromatic N) is 6. The number of rotatable bonds is 6. The summed E-state index contributed by atoms with van der Waals surface area (Å²) in [7, 11) is 0. The lowest BCUT2D eigenvalue weighted by atomic mass is 9.83. The zero-order valence-corrected chi connectivity index (χ0v) is 21.1. The molecule has 1 N–H and O–H groups in total. The van der Waals surface area contributed by atoms with Crippen LogP contribution in [0.5, 0.6) is 0 Å². The number of H-pyrrole nitrogens is 1. The van der Waals surface area contributed by atoms with Gasteiger partial charge in [-0.1, -0.05) is 42.6 Å². The minimum atomic E-state index is -0.663. The normalized spacial score (nSPS) is 17.9. The van der Waals surface area contributed by atoms with Crippen LogP contribution in [0.1, 0.15) is 43.7 Å². The Labute approximate surface area is 218 Å². The van der Waals surface area contributed by atoms with Gasteiger partial charge in [-0.15, -0.1) is 0 Å². The van der Waals surface area contributed by atoms with E-state index in [0.29, 0.717) is 23.1 Å². The lowest BCUT2D eigenvalue weighted by Crippen LogP contribution is -2.17. The molecule has 0 aromatic carbocycles. The van der Waals surface area contributed by atoms with E-state index < -0.39 is 5.76 Å². The number of nitrogens with one attached hydrogen (secondary N) is 1. The van der Waals surface area contributed by atoms with Gasteiger partial charge in [-0.3, -0.25) is 19.5 Å². The van der Waals surface area contributed by atoms with E-state index in [9.17, 15) is 4.79 Å². The fourth-order valence-electron chi connectivity index (χ4n) is 5.23. The summed E-state index contributed by atoms with van der Waals surface area (Å²) in [6, 6.07) is 5.82. The Kier molecular flexibility index (Phi) is 6.30. The van der Waals surface area contributed by atoms with E-state index >= 15 is 0 Å². The van der Waals surface area contributed by atoms with Gasteiger partial charge in [0.25, 0.3) is 0 Å². The van der Waals surface area contributed by atoms with E-state index in [1.807, 2.05) is 18.3 Å². The quantitative estimate of drug-likeness (QED) is 0.326. The number of aromatic amines is 1. The summed E-state index contributed by atoms with van der Waals surface area (Å²) in [5.74, 6) is 1.14. The van der Waals surface area contributed by atoms with Gasteiger partial charge in [0.2, 0.25) is 11.6 Å². The Morgan fingerprint density at radius 2 is 2.00 bits per heavy atom. The molecule has 10 heteroatoms. The molecule has 0 radical (unpaired) electrons. The first-order valence-electron chi connectivity index (χ1n) is 12.5. The van der Waals surface area contributed by atoms with Crippen LogP contribution in [0.3, 0.4) is 0 Å². The van der Waals surface area contributed by atoms with E-state index in [2.05, 4.69) is 43.9 Å². The van der Waals surface area contributed by atoms with Crippen molar-refractivity contribution in [3.63, 3.8) is 0 Å². The van der Waals surface area contributed by atoms with Crippen LogP contribution >= 0.6 is 11.6 Å². The largest absolute Gasteiger partial charge is 0.439 e. The molecule has 6 rings (SSSR count). The Morgan fingerprint density at radius 1 is 1.14 bits per heavy atom. The summed E-state index contributed by atoms with van der Waals surface area (Å²) in [4.78, 5) is 32.6. The van der Waals surface area contributed by atoms with Crippen molar-refractivity contribution in [1.82, 2.24) is 34.6 Å². The molecule has 0 atom stereocenters. The highest BCUT2D eigenvalue weighted by Gasteiger charge is 2.24. The second-order valence-corrected chi connectivity index (χ2v) is 10.3. The predicted octanol–water partition coefficient (Wildman–Crippen LogP) is 5.30. The second kappa shape index (κ2) is 9.89. The van der Waals surface area contributed by atoms with Crippen LogP contribution in [0.2, 0.25) is 5.02 Å². The number of fused-ring (bicyclic) bond motifs is 1. The van der Waals surface area contributed by atoms with Gasteiger partial charge in [-0.05, 0) is 42.4 Å². The molecule has 5 heterocycles. The molecule has 0 bridgehead atoms. The fraction of sp³-hybridized carbons (Fsp3) is 0.333. The van der Waals surface area contributed by atoms with Gasteiger partial charge in [0, 0.05) is 55.1 Å². The van der Waals surface area contributed by atoms with Crippen molar-refractivity contribution < 1.29 is 4.52 Å². The number of aromatic nitrogens is 7. The molecule has 0 saturated heterocycles. The van der Waals surface area contributed by atoms with Gasteiger partial charge in [0.1, 0.15) is 5.69 Å². The van der Waals surface area contributed by atoms with E-state index in [1.165, 1.54) is 25.7 Å². The van der Waals surface area contributed by atoms with Gasteiger partial charge < -0.3 is 4.57 Å². The first-order valence-corrected chi connectivity index (χ1v) is 12.9. The molecule has 0 unspecified atom stereocenters. The van der Waals surface area contributed by atoms with Crippen molar-refractivity contribution in [2.75, 3.05) is 0 Å². The van der Waals surface area contributed by atoms with Crippen LogP contribution in [-0.2, 0) is 13.0 Å². The lowest BCUT2D eigenvalue weighted by molar-refractivity contribution is 0.267. The number of hydrogen-bond donors (Lipinski definition) is 1. The standard InChI is InChI=1S/C27H26ClN7O2/c1-16-4-6-17(7-5-16)14-35-15-20(9-18-3-2-8-29-11-18)23-24(35)22(19-10-21(28)13-30-12-19)31-25(32-23)26-33-27(36)37-34-26/h2-3,8,10-13,15-17H,4-7,9,14H2,1H3,(H,33,34,36). The molecule has 1 fully saturated rings. The summed E-state index contributed by atoms with van der Waals surface area (Å²) in [6.07, 6.45) is 14.7. The molecule has 1 saturated carbocycles. The van der Waals surface area contributed by atoms with Gasteiger partial charge in [-0.25, -0.2) is 14.8 Å². The summed E-state index contributed by atoms with van der Waals surface area (Å²) < 4.78 is 7.03. The molecular formula is C27H26ClN7O2. The van der Waals surface area contributed by atoms with Crippen LogP contribution in [0, 0.1) is 11.8 Å². The Bertz CT molecular complexity index is 1600. The molecule has 1 aliphatic rings. The van der Waals surface area contributed by atoms with Crippen LogP contribution in [-0.4, -0.2) is 34.6 Å². The fourth-order valence-corrected chi connectivity index (χ4v) is 5.40. The molecular weight excluding hydrogens is 490 g/mol. The average molecular weight is 516 g/mol. The van der Waals surface area contributed by atoms with Crippen molar-refractivity contribution in [1.29, 1.82) is 0 Å². The molecule has 0 aliphatic heterocycles. The van der Waals surface area contributed by atoms with E-state index in [0.717, 1.165) is 40.2 Å². The van der Waals surface area contributed by atoms with Gasteiger partial charge >= 0.3 is 5.76 Å². The maximum Gasteiger partial charge on any atom is 0.439 e. The highest BCUT2D eigenvalue weighted by atomic mass is 35.5. The predicted molar refractivity (Wildman–Crippen MR) is 140 cm³/mol. The third-order valence-electron chi connectivity index (χ3n) is 7.13. The molecule has 9 nitrogen and oxygen atoms in total. The molecule has 0 amide bonds. The van der Waals surface area contributed by atoms with Crippen LogP contribution in [0.15, 0.2) is 58.5 Å². The van der Waals surface area contributed by atoms with Gasteiger partial charge in [-0.2, -0.15) is 0 Å². The highest BCUT2D eigenvalue weighted by molar-refractivity contribution is 6.30. The maximum absolute atomic E-state index is 11.7. The van der Waals surface area contributed by atoms with Crippen molar-refractivity contribution in [2.24, 2.45) is 11.8 Å². The summed E-state index contributed by atoms with van der Waals surface area (Å²) >= 11 is 6.33. The first-order chi connectivity index (χ1) is 18.0. The van der Waals surface area contributed by atoms with Crippen LogP contribution < -0.4 is 5.76 Å². The summed E-state index contributed by atoms with van der Waals surface area (Å²) in [5.41, 5.74) is 5.26. The minimum Gasteiger partial charge on any atom is -0.344 e. The van der Waals surface area contributed by atoms with Crippen molar-refractivity contribution in [3.8, 4) is 22.9 Å². The third-order valence-corrected chi connectivity index (χ3v) is 7.33. The lowest BCUT2D eigenvalue weighted by Gasteiger charge is -2.26. The Hall–Kier alpha value is -3.85. The zero-order chi connectivity index (χ0) is 25.4. The third kappa shape index (κ3) is 4.91. The van der Waals surface area contributed by atoms with Crippen molar-refractivity contribution >= 4 is 22.6 Å². The van der Waals surface area contributed by atoms with E-state index in [1.54, 1.807) is 18.6 Å². The maximum atomic E-state index is 11.7. The summed E-state index contributed by atoms with van der Waals surface area (Å²) in [6.45, 7) is 3.21. The van der Waals surface area contributed by atoms with Crippen molar-refractivity contribution in [3.05, 3.63) is 75.9 Å². The zero-order valence-electron chi connectivity index (χ0n) is 20.4. The number of pyridine rings is 2. The van der Waals surface area contributed by atoms with Gasteiger partial charge in [0.05, 0.1) is 16.1 Å². The molecule has 0 spiro atoms. The summed E-state index contributed by atoms with van der Waals surface area (Å²) in [5, 5.41) is 4.35. The van der Waals surface area contributed by atoms with Crippen molar-refractivity contribution in [2.45, 2.75) is 45.6 Å². The van der Waals surface area contributed by atoms with E-state index in [-0.39, 0.29) is 11.6 Å². The van der Waals surface area contributed by atoms with Crippen LogP contribution in [0.25, 0.3) is 33.9 Å². The molecule has 1 aliphatic carbocycles. The smallest absolute Gasteiger partial charge is 0.344 e. The number of halogens is 1. The first kappa shape index (κ1) is 23.5. The second-order valence-electron chi connectivity index (χ2n) is 9.90. The molecule has 5 aromatic rings.